The molecular weight excluding hydrogens is 428 g/mol. The fourth-order valence-electron chi connectivity index (χ4n) is 2.92. The van der Waals surface area contributed by atoms with Crippen molar-refractivity contribution in [3.8, 4) is 5.75 Å². The highest BCUT2D eigenvalue weighted by Gasteiger charge is 2.30. The first kappa shape index (κ1) is 24.6. The molecule has 0 fully saturated rings. The van der Waals surface area contributed by atoms with Crippen molar-refractivity contribution in [2.45, 2.75) is 26.5 Å². The van der Waals surface area contributed by atoms with E-state index >= 15 is 0 Å². The number of carboxylic acid groups (broad SMARTS) is 1. The molecule has 0 aliphatic carbocycles. The fourth-order valence-corrected chi connectivity index (χ4v) is 3.20. The molecule has 1 unspecified atom stereocenters. The van der Waals surface area contributed by atoms with E-state index < -0.39 is 18.0 Å². The maximum absolute atomic E-state index is 12.5. The van der Waals surface area contributed by atoms with Crippen molar-refractivity contribution in [1.29, 1.82) is 0 Å². The maximum Gasteiger partial charge on any atom is 0.338 e. The van der Waals surface area contributed by atoms with Crippen LogP contribution in [0.2, 0.25) is 0 Å². The summed E-state index contributed by atoms with van der Waals surface area (Å²) in [6, 6.07) is 17.2. The van der Waals surface area contributed by atoms with Crippen molar-refractivity contribution in [3.63, 3.8) is 0 Å². The number of benzene rings is 2. The Morgan fingerprint density at radius 3 is 2.38 bits per heavy atom. The van der Waals surface area contributed by atoms with Crippen LogP contribution in [0.1, 0.15) is 31.0 Å². The van der Waals surface area contributed by atoms with Crippen LogP contribution in [-0.4, -0.2) is 28.8 Å². The monoisotopic (exact) mass is 454 g/mol. The molecule has 168 valence electrons. The lowest BCUT2D eigenvalue weighted by Gasteiger charge is -2.29. The molecule has 0 radical (unpaired) electrons. The number of allylic oxidation sites excluding steroid dienone is 1. The second-order valence-corrected chi connectivity index (χ2v) is 7.23. The van der Waals surface area contributed by atoms with Crippen molar-refractivity contribution >= 4 is 29.3 Å². The van der Waals surface area contributed by atoms with Crippen molar-refractivity contribution < 1.29 is 24.2 Å². The molecule has 8 heteroatoms. The lowest BCUT2D eigenvalue weighted by molar-refractivity contribution is -0.138. The Kier molecular flexibility index (Phi) is 9.43. The number of carboxylic acids is 1. The minimum atomic E-state index is -0.833. The van der Waals surface area contributed by atoms with Gasteiger partial charge in [-0.25, -0.2) is 4.79 Å². The van der Waals surface area contributed by atoms with Crippen LogP contribution in [0.5, 0.6) is 5.75 Å². The summed E-state index contributed by atoms with van der Waals surface area (Å²) < 4.78 is 11.1. The zero-order valence-electron chi connectivity index (χ0n) is 18.0. The molecule has 1 heterocycles. The summed E-state index contributed by atoms with van der Waals surface area (Å²) in [5, 5.41) is 14.0. The fraction of sp³-hybridized carbons (Fsp3) is 0.208. The highest BCUT2D eigenvalue weighted by Crippen LogP contribution is 2.29. The van der Waals surface area contributed by atoms with Gasteiger partial charge in [-0.2, -0.15) is 0 Å². The van der Waals surface area contributed by atoms with Crippen LogP contribution in [0.3, 0.4) is 0 Å². The van der Waals surface area contributed by atoms with E-state index in [4.69, 9.17) is 31.6 Å². The van der Waals surface area contributed by atoms with E-state index in [-0.39, 0.29) is 6.61 Å². The summed E-state index contributed by atoms with van der Waals surface area (Å²) in [7, 11) is 0. The van der Waals surface area contributed by atoms with Crippen molar-refractivity contribution in [2.24, 2.45) is 0 Å². The third-order valence-electron chi connectivity index (χ3n) is 4.28. The molecule has 3 N–H and O–H groups in total. The Morgan fingerprint density at radius 1 is 1.16 bits per heavy atom. The highest BCUT2D eigenvalue weighted by atomic mass is 32.1. The molecule has 0 aromatic heterocycles. The summed E-state index contributed by atoms with van der Waals surface area (Å²) >= 11 is 5.26. The number of carbonyl (C=O) groups excluding carboxylic acids is 1. The lowest BCUT2D eigenvalue weighted by Crippen LogP contribution is -2.45. The van der Waals surface area contributed by atoms with Crippen LogP contribution >= 0.6 is 12.2 Å². The maximum atomic E-state index is 12.5. The first-order valence-corrected chi connectivity index (χ1v) is 10.2. The number of nitrogens with one attached hydrogen (secondary N) is 2. The largest absolute Gasteiger partial charge is 0.489 e. The van der Waals surface area contributed by atoms with E-state index in [1.165, 1.54) is 6.08 Å². The first-order chi connectivity index (χ1) is 15.3. The SMILES string of the molecule is C=CCOC(=O)C1=C(C)NC(=S)NC1c1ccc(OCc2ccccc2)cc1.CC(=O)O. The molecule has 0 saturated carbocycles. The zero-order chi connectivity index (χ0) is 23.5. The number of thiocarbonyl (C=S) groups is 1. The molecule has 32 heavy (non-hydrogen) atoms. The van der Waals surface area contributed by atoms with Crippen LogP contribution in [0, 0.1) is 0 Å². The van der Waals surface area contributed by atoms with E-state index in [1.54, 1.807) is 0 Å². The molecule has 0 bridgehead atoms. The first-order valence-electron chi connectivity index (χ1n) is 9.84. The lowest BCUT2D eigenvalue weighted by atomic mass is 9.95. The van der Waals surface area contributed by atoms with Crippen molar-refractivity contribution in [3.05, 3.63) is 89.6 Å². The molecule has 1 aliphatic heterocycles. The van der Waals surface area contributed by atoms with Crippen molar-refractivity contribution in [2.75, 3.05) is 6.61 Å². The Hall–Kier alpha value is -3.65. The number of esters is 1. The zero-order valence-corrected chi connectivity index (χ0v) is 18.8. The summed E-state index contributed by atoms with van der Waals surface area (Å²) in [5.41, 5.74) is 3.16. The molecule has 1 aliphatic rings. The van der Waals surface area contributed by atoms with E-state index in [0.717, 1.165) is 23.8 Å². The molecule has 7 nitrogen and oxygen atoms in total. The van der Waals surface area contributed by atoms with Gasteiger partial charge in [0.2, 0.25) is 0 Å². The molecule has 3 rings (SSSR count). The van der Waals surface area contributed by atoms with Gasteiger partial charge < -0.3 is 25.2 Å². The number of hydrogen-bond donors (Lipinski definition) is 3. The number of hydrogen-bond acceptors (Lipinski definition) is 5. The number of aliphatic carboxylic acids is 1. The Labute approximate surface area is 192 Å². The molecule has 2 aromatic rings. The van der Waals surface area contributed by atoms with Crippen LogP contribution in [0.25, 0.3) is 0 Å². The van der Waals surface area contributed by atoms with Crippen LogP contribution in [0.15, 0.2) is 78.5 Å². The van der Waals surface area contributed by atoms with Gasteiger partial charge in [0.1, 0.15) is 19.0 Å². The standard InChI is InChI=1S/C22H22N2O3S.C2H4O2/c1-3-13-26-21(25)19-15(2)23-22(28)24-20(19)17-9-11-18(12-10-17)27-14-16-7-5-4-6-8-16;1-2(3)4/h3-12,20H,1,13-14H2,2H3,(H2,23,24,28);1H3,(H,3,4). The summed E-state index contributed by atoms with van der Waals surface area (Å²) in [4.78, 5) is 21.5. The van der Waals surface area contributed by atoms with Gasteiger partial charge in [-0.3, -0.25) is 4.79 Å². The molecule has 0 spiro atoms. The Balaban J connectivity index is 0.000000837. The topological polar surface area (TPSA) is 96.9 Å². The number of ether oxygens (including phenoxy) is 2. The van der Waals surface area contributed by atoms with E-state index in [1.807, 2.05) is 61.5 Å². The molecule has 1 atom stereocenters. The van der Waals surface area contributed by atoms with Crippen LogP contribution in [0.4, 0.5) is 0 Å². The molecule has 2 aromatic carbocycles. The summed E-state index contributed by atoms with van der Waals surface area (Å²) in [6.07, 6.45) is 1.54. The third-order valence-corrected chi connectivity index (χ3v) is 4.50. The van der Waals surface area contributed by atoms with Gasteiger partial charge in [0.25, 0.3) is 5.97 Å². The predicted molar refractivity (Wildman–Crippen MR) is 126 cm³/mol. The number of carbonyl (C=O) groups is 2. The smallest absolute Gasteiger partial charge is 0.338 e. The van der Waals surface area contributed by atoms with E-state index in [9.17, 15) is 4.79 Å². The second-order valence-electron chi connectivity index (χ2n) is 6.82. The third kappa shape index (κ3) is 7.55. The van der Waals surface area contributed by atoms with E-state index in [2.05, 4.69) is 17.2 Å². The van der Waals surface area contributed by atoms with Gasteiger partial charge in [0.15, 0.2) is 5.11 Å². The minimum absolute atomic E-state index is 0.152. The Morgan fingerprint density at radius 2 is 1.78 bits per heavy atom. The minimum Gasteiger partial charge on any atom is -0.489 e. The normalized spacial score (nSPS) is 14.8. The second kappa shape index (κ2) is 12.3. The van der Waals surface area contributed by atoms with Gasteiger partial charge >= 0.3 is 5.97 Å². The van der Waals surface area contributed by atoms with Gasteiger partial charge in [0.05, 0.1) is 11.6 Å². The van der Waals surface area contributed by atoms with Crippen molar-refractivity contribution in [1.82, 2.24) is 10.6 Å². The van der Waals surface area contributed by atoms with Gasteiger partial charge in [0, 0.05) is 12.6 Å². The average Bonchev–Trinajstić information content (AvgIpc) is 2.76. The van der Waals surface area contributed by atoms with E-state index in [0.29, 0.717) is 23.0 Å². The highest BCUT2D eigenvalue weighted by molar-refractivity contribution is 7.80. The predicted octanol–water partition coefficient (Wildman–Crippen LogP) is 3.88. The molecule has 0 saturated heterocycles. The van der Waals surface area contributed by atoms with Gasteiger partial charge in [-0.15, -0.1) is 0 Å². The van der Waals surface area contributed by atoms with Crippen LogP contribution < -0.4 is 15.4 Å². The summed E-state index contributed by atoms with van der Waals surface area (Å²) in [5.74, 6) is -0.491. The number of rotatable bonds is 7. The molecule has 0 amide bonds. The Bertz CT molecular complexity index is 983. The summed E-state index contributed by atoms with van der Waals surface area (Å²) in [6.45, 7) is 7.11. The van der Waals surface area contributed by atoms with Crippen LogP contribution in [-0.2, 0) is 20.9 Å². The van der Waals surface area contributed by atoms with Gasteiger partial charge in [-0.05, 0) is 42.4 Å². The van der Waals surface area contributed by atoms with Gasteiger partial charge in [-0.1, -0.05) is 55.1 Å². The quantitative estimate of drug-likeness (QED) is 0.330. The average molecular weight is 455 g/mol. The molecular formula is C24H26N2O5S.